The summed E-state index contributed by atoms with van der Waals surface area (Å²) in [4.78, 5) is 56.7. The molecule has 300 valence electrons. The number of halogens is 1. The van der Waals surface area contributed by atoms with Crippen LogP contribution in [-0.4, -0.2) is 115 Å². The molecule has 4 bridgehead atoms. The second-order valence-corrected chi connectivity index (χ2v) is 17.8. The first-order valence-corrected chi connectivity index (χ1v) is 20.9. The van der Waals surface area contributed by atoms with E-state index in [1.807, 2.05) is 33.1 Å². The van der Waals surface area contributed by atoms with E-state index in [2.05, 4.69) is 5.32 Å². The predicted molar refractivity (Wildman–Crippen MR) is 211 cm³/mol. The molecule has 2 fully saturated rings. The number of anilines is 1. The van der Waals surface area contributed by atoms with Crippen LogP contribution in [0.5, 0.6) is 5.75 Å². The molecule has 2 saturated heterocycles. The minimum absolute atomic E-state index is 0.0460. The second kappa shape index (κ2) is 18.3. The number of nitrogens with zero attached hydrogens (tertiary/aromatic N) is 2. The summed E-state index contributed by atoms with van der Waals surface area (Å²) < 4.78 is 29.3. The smallest absolute Gasteiger partial charge is 0.409 e. The van der Waals surface area contributed by atoms with Crippen molar-refractivity contribution in [3.8, 4) is 5.75 Å². The lowest BCUT2D eigenvalue weighted by atomic mass is 9.83. The fourth-order valence-corrected chi connectivity index (χ4v) is 9.06. The van der Waals surface area contributed by atoms with Crippen molar-refractivity contribution in [1.29, 1.82) is 0 Å². The third-order valence-electron chi connectivity index (χ3n) is 10.5. The van der Waals surface area contributed by atoms with Gasteiger partial charge in [0.1, 0.15) is 40.7 Å². The highest BCUT2D eigenvalue weighted by Gasteiger charge is 2.64. The van der Waals surface area contributed by atoms with E-state index in [-0.39, 0.29) is 35.4 Å². The monoisotopic (exact) mass is 811 g/mol. The molecular formula is C38H54ClN3O10S2. The number of allylic oxidation sites excluding steroid dienone is 3. The van der Waals surface area contributed by atoms with Gasteiger partial charge in [-0.15, -0.1) is 0 Å². The van der Waals surface area contributed by atoms with Gasteiger partial charge in [-0.2, -0.15) is 0 Å². The lowest BCUT2D eigenvalue weighted by Crippen LogP contribution is -2.63. The SMILES string of the molecule is COc1cc2cc(c1Cl)N(C)C(=O)CC(OC(=O)[C@H](C)N(C)C(=O)CCC(C)SSC)[C@]1(C)O[C@H]1[C@H](C)[C@@H]1C[C@@](O)(NC(=O)O1)[C@H](OC)C=CC=C(C)C2. The van der Waals surface area contributed by atoms with Crippen molar-refractivity contribution in [2.24, 2.45) is 5.92 Å². The number of nitrogens with one attached hydrogen (secondary N) is 1. The Kier molecular flexibility index (Phi) is 14.9. The lowest BCUT2D eigenvalue weighted by Gasteiger charge is -2.42. The molecule has 13 nitrogen and oxygen atoms in total. The number of methoxy groups -OCH3 is 2. The Morgan fingerprint density at radius 1 is 1.24 bits per heavy atom. The molecule has 2 unspecified atom stereocenters. The minimum Gasteiger partial charge on any atom is -0.495 e. The summed E-state index contributed by atoms with van der Waals surface area (Å²) >= 11 is 6.77. The highest BCUT2D eigenvalue weighted by molar-refractivity contribution is 8.76. The van der Waals surface area contributed by atoms with Crippen LogP contribution in [0.2, 0.25) is 5.02 Å². The maximum atomic E-state index is 14.2. The van der Waals surface area contributed by atoms with E-state index in [4.69, 9.17) is 35.3 Å². The van der Waals surface area contributed by atoms with Crippen molar-refractivity contribution in [3.63, 3.8) is 0 Å². The number of epoxide rings is 1. The van der Waals surface area contributed by atoms with Crippen LogP contribution in [0.25, 0.3) is 0 Å². The van der Waals surface area contributed by atoms with Crippen LogP contribution in [0.1, 0.15) is 65.9 Å². The summed E-state index contributed by atoms with van der Waals surface area (Å²) in [7, 11) is 9.38. The largest absolute Gasteiger partial charge is 0.495 e. The number of esters is 1. The second-order valence-electron chi connectivity index (χ2n) is 14.5. The van der Waals surface area contributed by atoms with E-state index >= 15 is 0 Å². The average Bonchev–Trinajstić information content (AvgIpc) is 3.82. The number of likely N-dealkylation sites (N-methyl/N-ethyl adjacent to an activating group) is 1. The molecule has 54 heavy (non-hydrogen) atoms. The van der Waals surface area contributed by atoms with Gasteiger partial charge in [0.2, 0.25) is 11.8 Å². The van der Waals surface area contributed by atoms with Gasteiger partial charge in [-0.1, -0.05) is 70.8 Å². The zero-order valence-corrected chi connectivity index (χ0v) is 35.1. The van der Waals surface area contributed by atoms with Gasteiger partial charge in [0.15, 0.2) is 5.72 Å². The van der Waals surface area contributed by atoms with Crippen molar-refractivity contribution in [3.05, 3.63) is 46.5 Å². The number of hydrogen-bond donors (Lipinski definition) is 2. The van der Waals surface area contributed by atoms with Crippen molar-refractivity contribution in [2.75, 3.05) is 39.5 Å². The maximum absolute atomic E-state index is 14.2. The fraction of sp³-hybridized carbons (Fsp3) is 0.632. The van der Waals surface area contributed by atoms with Crippen molar-refractivity contribution in [1.82, 2.24) is 10.2 Å². The molecule has 0 spiro atoms. The van der Waals surface area contributed by atoms with Gasteiger partial charge < -0.3 is 38.6 Å². The van der Waals surface area contributed by atoms with Crippen molar-refractivity contribution in [2.45, 2.75) is 114 Å². The van der Waals surface area contributed by atoms with Crippen LogP contribution in [0.15, 0.2) is 35.9 Å². The summed E-state index contributed by atoms with van der Waals surface area (Å²) in [6.45, 7) is 9.09. The molecule has 0 aliphatic carbocycles. The Labute approximate surface area is 331 Å². The van der Waals surface area contributed by atoms with E-state index in [0.717, 1.165) is 11.1 Å². The molecular weight excluding hydrogens is 758 g/mol. The number of carbonyl (C=O) groups is 4. The summed E-state index contributed by atoms with van der Waals surface area (Å²) in [5, 5.41) is 14.8. The summed E-state index contributed by atoms with van der Waals surface area (Å²) in [6, 6.07) is 2.63. The van der Waals surface area contributed by atoms with Crippen LogP contribution in [0.4, 0.5) is 10.5 Å². The molecule has 0 saturated carbocycles. The van der Waals surface area contributed by atoms with Crippen LogP contribution >= 0.6 is 33.2 Å². The third kappa shape index (κ3) is 10.1. The molecule has 1 aromatic rings. The fourth-order valence-electron chi connectivity index (χ4n) is 6.93. The highest BCUT2D eigenvalue weighted by Crippen LogP contribution is 2.49. The van der Waals surface area contributed by atoms with E-state index in [1.165, 1.54) is 24.0 Å². The van der Waals surface area contributed by atoms with Gasteiger partial charge >= 0.3 is 12.1 Å². The lowest BCUT2D eigenvalue weighted by molar-refractivity contribution is -0.162. The van der Waals surface area contributed by atoms with Crippen molar-refractivity contribution >= 4 is 62.8 Å². The van der Waals surface area contributed by atoms with Gasteiger partial charge in [0.25, 0.3) is 0 Å². The first-order valence-electron chi connectivity index (χ1n) is 17.9. The molecule has 16 heteroatoms. The number of aliphatic hydroxyl groups is 1. The highest BCUT2D eigenvalue weighted by atomic mass is 35.5. The quantitative estimate of drug-likeness (QED) is 0.169. The molecule has 3 aliphatic rings. The van der Waals surface area contributed by atoms with Crippen LogP contribution < -0.4 is 15.0 Å². The number of fused-ring (bicyclic) bond motifs is 5. The van der Waals surface area contributed by atoms with Crippen LogP contribution in [-0.2, 0) is 39.8 Å². The van der Waals surface area contributed by atoms with Gasteiger partial charge in [0.05, 0.1) is 25.3 Å². The number of ether oxygens (including phenoxy) is 5. The molecule has 3 aliphatic heterocycles. The number of carbonyl (C=O) groups excluding carboxylic acids is 4. The van der Waals surface area contributed by atoms with Gasteiger partial charge in [0, 0.05) is 45.2 Å². The third-order valence-corrected chi connectivity index (χ3v) is 13.2. The van der Waals surface area contributed by atoms with Gasteiger partial charge in [-0.3, -0.25) is 14.9 Å². The number of alkyl carbamates (subject to hydrolysis) is 1. The Morgan fingerprint density at radius 3 is 2.59 bits per heavy atom. The minimum atomic E-state index is -1.82. The molecule has 9 atom stereocenters. The Bertz CT molecular complexity index is 1630. The first-order chi connectivity index (χ1) is 25.4. The number of hydrogen-bond acceptors (Lipinski definition) is 12. The van der Waals surface area contributed by atoms with Crippen molar-refractivity contribution < 1.29 is 48.0 Å². The predicted octanol–water partition coefficient (Wildman–Crippen LogP) is 5.69. The zero-order valence-electron chi connectivity index (χ0n) is 32.7. The molecule has 4 rings (SSSR count). The van der Waals surface area contributed by atoms with Crippen LogP contribution in [0.3, 0.4) is 0 Å². The Hall–Kier alpha value is -2.95. The van der Waals surface area contributed by atoms with Crippen LogP contribution in [0, 0.1) is 5.92 Å². The Balaban J connectivity index is 1.72. The summed E-state index contributed by atoms with van der Waals surface area (Å²) in [6.07, 6.45) is 3.89. The topological polar surface area (TPSA) is 156 Å². The van der Waals surface area contributed by atoms with E-state index in [1.54, 1.807) is 73.8 Å². The zero-order chi connectivity index (χ0) is 40.1. The standard InChI is InChI=1S/C38H54ClN3O10S2/c1-21-12-11-13-29(49-9)38(47)20-28(50-36(46)40-38)23(3)34-37(5,52-34)30(51-35(45)24(4)41(6)31(43)15-14-22(2)54-53-10)19-32(44)42(7)26-17-25(16-21)18-27(48-8)33(26)39/h11-13,17-18,22-24,28-30,34,47H,14-16,19-20H2,1-10H3,(H,40,46)/t22?,23-,24+,28+,29-,30?,34+,37+,38+/m1/s1. The number of benzene rings is 1. The molecule has 0 aromatic heterocycles. The molecule has 3 amide bonds. The van der Waals surface area contributed by atoms with E-state index in [9.17, 15) is 24.3 Å². The van der Waals surface area contributed by atoms with Gasteiger partial charge in [-0.25, -0.2) is 9.59 Å². The summed E-state index contributed by atoms with van der Waals surface area (Å²) in [5.41, 5.74) is -0.890. The van der Waals surface area contributed by atoms with Gasteiger partial charge in [-0.05, 0) is 57.6 Å². The van der Waals surface area contributed by atoms with E-state index < -0.39 is 65.7 Å². The normalized spacial score (nSPS) is 29.9. The first kappa shape index (κ1) is 43.8. The average molecular weight is 812 g/mol. The Morgan fingerprint density at radius 2 is 1.94 bits per heavy atom. The maximum Gasteiger partial charge on any atom is 0.409 e. The number of amides is 3. The molecule has 2 N–H and O–H groups in total. The molecule has 1 aromatic carbocycles. The number of rotatable bonds is 10. The molecule has 3 heterocycles. The van der Waals surface area contributed by atoms with E-state index in [0.29, 0.717) is 24.3 Å². The summed E-state index contributed by atoms with van der Waals surface area (Å²) in [5.74, 6) is -1.48. The molecule has 0 radical (unpaired) electrons.